The first-order valence-electron chi connectivity index (χ1n) is 7.32. The van der Waals surface area contributed by atoms with Gasteiger partial charge in [0.2, 0.25) is 11.6 Å². The minimum Gasteiger partial charge on any atom is -0.493 e. The molecule has 2 aromatic rings. The van der Waals surface area contributed by atoms with Crippen LogP contribution in [-0.4, -0.2) is 32.9 Å². The van der Waals surface area contributed by atoms with Crippen LogP contribution in [0.25, 0.3) is 0 Å². The van der Waals surface area contributed by atoms with Crippen LogP contribution in [0.1, 0.15) is 12.5 Å². The van der Waals surface area contributed by atoms with Gasteiger partial charge in [0.1, 0.15) is 6.61 Å². The average molecular weight is 316 g/mol. The molecule has 23 heavy (non-hydrogen) atoms. The van der Waals surface area contributed by atoms with Gasteiger partial charge in [0.15, 0.2) is 17.1 Å². The summed E-state index contributed by atoms with van der Waals surface area (Å²) in [6, 6.07) is 7.50. The Hall–Kier alpha value is -2.63. The first kappa shape index (κ1) is 15.3. The topological polar surface area (TPSA) is 61.8 Å². The predicted octanol–water partition coefficient (Wildman–Crippen LogP) is 2.83. The fraction of sp³-hybridized carbons (Fsp3) is 0.353. The van der Waals surface area contributed by atoms with Crippen LogP contribution in [0.15, 0.2) is 30.5 Å². The van der Waals surface area contributed by atoms with Crippen molar-refractivity contribution in [2.75, 3.05) is 33.2 Å². The fourth-order valence-corrected chi connectivity index (χ4v) is 2.51. The molecule has 0 spiro atoms. The molecule has 0 amide bonds. The van der Waals surface area contributed by atoms with E-state index in [0.717, 1.165) is 11.3 Å². The van der Waals surface area contributed by atoms with Crippen molar-refractivity contribution in [2.24, 2.45) is 0 Å². The lowest BCUT2D eigenvalue weighted by molar-refractivity contribution is -0.000282. The monoisotopic (exact) mass is 316 g/mol. The van der Waals surface area contributed by atoms with Crippen LogP contribution in [0.3, 0.4) is 0 Å². The van der Waals surface area contributed by atoms with Gasteiger partial charge in [-0.3, -0.25) is 0 Å². The summed E-state index contributed by atoms with van der Waals surface area (Å²) >= 11 is 0. The van der Waals surface area contributed by atoms with E-state index in [0.29, 0.717) is 29.7 Å². The zero-order valence-corrected chi connectivity index (χ0v) is 13.7. The highest BCUT2D eigenvalue weighted by atomic mass is 16.6. The van der Waals surface area contributed by atoms with E-state index in [2.05, 4.69) is 10.3 Å². The van der Waals surface area contributed by atoms with Crippen molar-refractivity contribution in [3.63, 3.8) is 0 Å². The molecule has 1 aliphatic heterocycles. The molecule has 2 heterocycles. The number of fused-ring (bicyclic) bond motifs is 1. The molecule has 0 saturated heterocycles. The van der Waals surface area contributed by atoms with Crippen LogP contribution in [0, 0.1) is 0 Å². The van der Waals surface area contributed by atoms with Gasteiger partial charge in [0.25, 0.3) is 0 Å². The van der Waals surface area contributed by atoms with Gasteiger partial charge in [-0.1, -0.05) is 0 Å². The molecule has 3 rings (SSSR count). The SMILES string of the molecule is CNc1cc(OC)c2c(c1)OCC(C)(c1ccc(OC)nc1)O2. The summed E-state index contributed by atoms with van der Waals surface area (Å²) in [4.78, 5) is 4.24. The second kappa shape index (κ2) is 5.87. The van der Waals surface area contributed by atoms with Crippen LogP contribution in [0.4, 0.5) is 5.69 Å². The molecular formula is C17H20N2O4. The summed E-state index contributed by atoms with van der Waals surface area (Å²) < 4.78 is 22.7. The van der Waals surface area contributed by atoms with Crippen LogP contribution >= 0.6 is 0 Å². The van der Waals surface area contributed by atoms with E-state index in [1.54, 1.807) is 26.5 Å². The Kier molecular flexibility index (Phi) is 3.90. The molecular weight excluding hydrogens is 296 g/mol. The summed E-state index contributed by atoms with van der Waals surface area (Å²) in [5.41, 5.74) is 1.16. The van der Waals surface area contributed by atoms with E-state index < -0.39 is 5.60 Å². The molecule has 0 fully saturated rings. The molecule has 1 unspecified atom stereocenters. The fourth-order valence-electron chi connectivity index (χ4n) is 2.51. The zero-order chi connectivity index (χ0) is 16.4. The second-order valence-corrected chi connectivity index (χ2v) is 5.47. The van der Waals surface area contributed by atoms with Gasteiger partial charge in [-0.15, -0.1) is 0 Å². The largest absolute Gasteiger partial charge is 0.493 e. The van der Waals surface area contributed by atoms with Gasteiger partial charge in [-0.05, 0) is 13.0 Å². The first-order valence-corrected chi connectivity index (χ1v) is 7.32. The highest BCUT2D eigenvalue weighted by Crippen LogP contribution is 2.47. The lowest BCUT2D eigenvalue weighted by atomic mass is 9.97. The Morgan fingerprint density at radius 3 is 2.65 bits per heavy atom. The van der Waals surface area contributed by atoms with Crippen LogP contribution in [0.5, 0.6) is 23.1 Å². The molecule has 0 aliphatic carbocycles. The Balaban J connectivity index is 1.97. The second-order valence-electron chi connectivity index (χ2n) is 5.47. The maximum atomic E-state index is 6.24. The number of rotatable bonds is 4. The molecule has 1 N–H and O–H groups in total. The third-order valence-electron chi connectivity index (χ3n) is 3.92. The van der Waals surface area contributed by atoms with Gasteiger partial charge in [0, 0.05) is 42.7 Å². The Morgan fingerprint density at radius 2 is 2.04 bits per heavy atom. The van der Waals surface area contributed by atoms with Crippen molar-refractivity contribution in [3.05, 3.63) is 36.0 Å². The van der Waals surface area contributed by atoms with Gasteiger partial charge in [-0.25, -0.2) is 4.98 Å². The number of benzene rings is 1. The van der Waals surface area contributed by atoms with E-state index in [-0.39, 0.29) is 0 Å². The third kappa shape index (κ3) is 2.72. The number of anilines is 1. The zero-order valence-electron chi connectivity index (χ0n) is 13.7. The standard InChI is InChI=1S/C17H20N2O4/c1-17(11-5-6-15(21-4)19-9-11)10-22-14-8-12(18-2)7-13(20-3)16(14)23-17/h5-9,18H,10H2,1-4H3. The van der Waals surface area contributed by atoms with E-state index in [4.69, 9.17) is 18.9 Å². The molecule has 1 aliphatic rings. The molecule has 1 aromatic heterocycles. The Labute approximate surface area is 135 Å². The lowest BCUT2D eigenvalue weighted by Crippen LogP contribution is -2.39. The molecule has 0 saturated carbocycles. The average Bonchev–Trinajstić information content (AvgIpc) is 2.61. The summed E-state index contributed by atoms with van der Waals surface area (Å²) in [6.45, 7) is 2.34. The maximum Gasteiger partial charge on any atom is 0.212 e. The van der Waals surface area contributed by atoms with Crippen molar-refractivity contribution >= 4 is 5.69 Å². The Bertz CT molecular complexity index is 685. The predicted molar refractivity (Wildman–Crippen MR) is 86.8 cm³/mol. The van der Waals surface area contributed by atoms with Crippen molar-refractivity contribution < 1.29 is 18.9 Å². The number of nitrogens with one attached hydrogen (secondary N) is 1. The van der Waals surface area contributed by atoms with Crippen LogP contribution in [0.2, 0.25) is 0 Å². The number of methoxy groups -OCH3 is 2. The van der Waals surface area contributed by atoms with Crippen molar-refractivity contribution in [2.45, 2.75) is 12.5 Å². The summed E-state index contributed by atoms with van der Waals surface area (Å²) in [6.07, 6.45) is 1.74. The number of pyridine rings is 1. The van der Waals surface area contributed by atoms with E-state index in [9.17, 15) is 0 Å². The van der Waals surface area contributed by atoms with E-state index in [1.807, 2.05) is 32.2 Å². The van der Waals surface area contributed by atoms with Crippen molar-refractivity contribution in [3.8, 4) is 23.1 Å². The number of hydrogen-bond donors (Lipinski definition) is 1. The van der Waals surface area contributed by atoms with E-state index >= 15 is 0 Å². The quantitative estimate of drug-likeness (QED) is 0.936. The number of ether oxygens (including phenoxy) is 4. The molecule has 0 radical (unpaired) electrons. The molecule has 0 bridgehead atoms. The summed E-state index contributed by atoms with van der Waals surface area (Å²) in [7, 11) is 5.04. The minimum absolute atomic E-state index is 0.379. The maximum absolute atomic E-state index is 6.24. The number of nitrogens with zero attached hydrogens (tertiary/aromatic N) is 1. The van der Waals surface area contributed by atoms with Crippen molar-refractivity contribution in [1.29, 1.82) is 0 Å². The molecule has 6 nitrogen and oxygen atoms in total. The minimum atomic E-state index is -0.652. The van der Waals surface area contributed by atoms with Crippen molar-refractivity contribution in [1.82, 2.24) is 4.98 Å². The summed E-state index contributed by atoms with van der Waals surface area (Å²) in [5, 5.41) is 3.08. The molecule has 122 valence electrons. The normalized spacial score (nSPS) is 19.1. The lowest BCUT2D eigenvalue weighted by Gasteiger charge is -2.36. The van der Waals surface area contributed by atoms with Gasteiger partial charge >= 0.3 is 0 Å². The highest BCUT2D eigenvalue weighted by Gasteiger charge is 2.37. The first-order chi connectivity index (χ1) is 11.1. The number of aromatic nitrogens is 1. The smallest absolute Gasteiger partial charge is 0.212 e. The van der Waals surface area contributed by atoms with Gasteiger partial charge in [0.05, 0.1) is 14.2 Å². The third-order valence-corrected chi connectivity index (χ3v) is 3.92. The molecule has 1 aromatic carbocycles. The Morgan fingerprint density at radius 1 is 1.22 bits per heavy atom. The summed E-state index contributed by atoms with van der Waals surface area (Å²) in [5.74, 6) is 2.44. The molecule has 1 atom stereocenters. The van der Waals surface area contributed by atoms with Gasteiger partial charge in [-0.2, -0.15) is 0 Å². The number of hydrogen-bond acceptors (Lipinski definition) is 6. The molecule has 6 heteroatoms. The van der Waals surface area contributed by atoms with E-state index in [1.165, 1.54) is 0 Å². The van der Waals surface area contributed by atoms with Crippen LogP contribution < -0.4 is 24.3 Å². The van der Waals surface area contributed by atoms with Crippen LogP contribution in [-0.2, 0) is 5.60 Å². The van der Waals surface area contributed by atoms with Gasteiger partial charge < -0.3 is 24.3 Å². The highest BCUT2D eigenvalue weighted by molar-refractivity contribution is 5.63.